The molecule has 2 nitrogen and oxygen atoms in total. The SMILES string of the molecule is CCCCC(CC)Cn1c(C(Cl)(Cl)Cl)nc2ccccc21. The Kier molecular flexibility index (Phi) is 5.81. The lowest BCUT2D eigenvalue weighted by atomic mass is 9.99. The van der Waals surface area contributed by atoms with Gasteiger partial charge >= 0.3 is 0 Å². The van der Waals surface area contributed by atoms with E-state index in [1.54, 1.807) is 0 Å². The van der Waals surface area contributed by atoms with E-state index in [4.69, 9.17) is 34.8 Å². The van der Waals surface area contributed by atoms with Crippen molar-refractivity contribution in [3.8, 4) is 0 Å². The van der Waals surface area contributed by atoms with Crippen LogP contribution in [0.5, 0.6) is 0 Å². The average molecular weight is 348 g/mol. The second kappa shape index (κ2) is 7.21. The quantitative estimate of drug-likeness (QED) is 0.579. The zero-order valence-electron chi connectivity index (χ0n) is 12.5. The number of unbranched alkanes of at least 4 members (excludes halogenated alkanes) is 1. The van der Waals surface area contributed by atoms with E-state index < -0.39 is 3.79 Å². The molecule has 1 atom stereocenters. The summed E-state index contributed by atoms with van der Waals surface area (Å²) in [4.78, 5) is 4.52. The molecule has 0 fully saturated rings. The van der Waals surface area contributed by atoms with Gasteiger partial charge in [0.2, 0.25) is 3.79 Å². The highest BCUT2D eigenvalue weighted by Crippen LogP contribution is 2.39. The molecule has 1 aromatic heterocycles. The van der Waals surface area contributed by atoms with Crippen LogP contribution in [0.15, 0.2) is 24.3 Å². The van der Waals surface area contributed by atoms with Crippen LogP contribution in [0.1, 0.15) is 45.4 Å². The van der Waals surface area contributed by atoms with E-state index in [2.05, 4.69) is 23.4 Å². The second-order valence-electron chi connectivity index (χ2n) is 5.45. The van der Waals surface area contributed by atoms with E-state index in [1.807, 2.05) is 24.3 Å². The number of imidazole rings is 1. The first-order valence-corrected chi connectivity index (χ1v) is 8.63. The zero-order chi connectivity index (χ0) is 15.5. The number of hydrogen-bond donors (Lipinski definition) is 0. The number of para-hydroxylation sites is 2. The average Bonchev–Trinajstić information content (AvgIpc) is 2.82. The Labute approximate surface area is 141 Å². The van der Waals surface area contributed by atoms with Crippen LogP contribution in [-0.4, -0.2) is 9.55 Å². The topological polar surface area (TPSA) is 17.8 Å². The largest absolute Gasteiger partial charge is 0.324 e. The fourth-order valence-electron chi connectivity index (χ4n) is 2.65. The summed E-state index contributed by atoms with van der Waals surface area (Å²) in [6, 6.07) is 7.94. The summed E-state index contributed by atoms with van der Waals surface area (Å²) in [7, 11) is 0. The van der Waals surface area contributed by atoms with Crippen LogP contribution in [0.4, 0.5) is 0 Å². The first-order valence-electron chi connectivity index (χ1n) is 7.49. The highest BCUT2D eigenvalue weighted by Gasteiger charge is 2.31. The van der Waals surface area contributed by atoms with E-state index in [0.717, 1.165) is 24.0 Å². The van der Waals surface area contributed by atoms with Gasteiger partial charge in [0.1, 0.15) is 0 Å². The maximum absolute atomic E-state index is 6.11. The van der Waals surface area contributed by atoms with Crippen LogP contribution < -0.4 is 0 Å². The molecule has 0 radical (unpaired) electrons. The molecule has 2 rings (SSSR count). The molecule has 0 spiro atoms. The van der Waals surface area contributed by atoms with Gasteiger partial charge in [-0.25, -0.2) is 4.98 Å². The van der Waals surface area contributed by atoms with Crippen LogP contribution in [0, 0.1) is 5.92 Å². The molecule has 2 aromatic rings. The Morgan fingerprint density at radius 1 is 1.19 bits per heavy atom. The maximum atomic E-state index is 6.11. The lowest BCUT2D eigenvalue weighted by molar-refractivity contribution is 0.390. The number of aromatic nitrogens is 2. The van der Waals surface area contributed by atoms with Gasteiger partial charge in [-0.2, -0.15) is 0 Å². The molecule has 0 N–H and O–H groups in total. The third kappa shape index (κ3) is 4.06. The predicted molar refractivity (Wildman–Crippen MR) is 92.3 cm³/mol. The molecule has 116 valence electrons. The number of benzene rings is 1. The third-order valence-corrected chi connectivity index (χ3v) is 4.40. The van der Waals surface area contributed by atoms with Crippen LogP contribution in [-0.2, 0) is 10.3 Å². The predicted octanol–water partition coefficient (Wildman–Crippen LogP) is 6.08. The van der Waals surface area contributed by atoms with Gasteiger partial charge in [-0.05, 0) is 24.5 Å². The molecule has 0 aliphatic rings. The second-order valence-corrected chi connectivity index (χ2v) is 7.73. The van der Waals surface area contributed by atoms with Crippen molar-refractivity contribution < 1.29 is 0 Å². The fraction of sp³-hybridized carbons (Fsp3) is 0.562. The highest BCUT2D eigenvalue weighted by molar-refractivity contribution is 6.66. The highest BCUT2D eigenvalue weighted by atomic mass is 35.6. The van der Waals surface area contributed by atoms with Crippen molar-refractivity contribution >= 4 is 45.8 Å². The van der Waals surface area contributed by atoms with Crippen molar-refractivity contribution in [2.75, 3.05) is 0 Å². The molecule has 21 heavy (non-hydrogen) atoms. The molecule has 1 heterocycles. The molecule has 0 amide bonds. The Bertz CT molecular complexity index is 587. The van der Waals surface area contributed by atoms with Crippen LogP contribution >= 0.6 is 34.8 Å². The van der Waals surface area contributed by atoms with Gasteiger partial charge in [-0.3, -0.25) is 0 Å². The Balaban J connectivity index is 2.40. The molecule has 0 saturated carbocycles. The van der Waals surface area contributed by atoms with Gasteiger partial charge in [-0.1, -0.05) is 80.0 Å². The molecule has 0 saturated heterocycles. The van der Waals surface area contributed by atoms with Gasteiger partial charge in [0.15, 0.2) is 5.82 Å². The van der Waals surface area contributed by atoms with Crippen molar-refractivity contribution in [2.45, 2.75) is 49.9 Å². The number of hydrogen-bond acceptors (Lipinski definition) is 1. The lowest BCUT2D eigenvalue weighted by Gasteiger charge is -2.20. The minimum atomic E-state index is -1.50. The summed E-state index contributed by atoms with van der Waals surface area (Å²) in [5.74, 6) is 1.09. The van der Waals surface area contributed by atoms with Crippen molar-refractivity contribution in [2.24, 2.45) is 5.92 Å². The Morgan fingerprint density at radius 3 is 2.52 bits per heavy atom. The summed E-state index contributed by atoms with van der Waals surface area (Å²) >= 11 is 18.3. The van der Waals surface area contributed by atoms with Gasteiger partial charge < -0.3 is 4.57 Å². The normalized spacial score (nSPS) is 13.8. The Hall–Kier alpha value is -0.440. The van der Waals surface area contributed by atoms with Gasteiger partial charge in [0.25, 0.3) is 0 Å². The van der Waals surface area contributed by atoms with Gasteiger partial charge in [-0.15, -0.1) is 0 Å². The van der Waals surface area contributed by atoms with E-state index in [-0.39, 0.29) is 0 Å². The summed E-state index contributed by atoms with van der Waals surface area (Å²) in [6.45, 7) is 5.28. The monoisotopic (exact) mass is 346 g/mol. The molecule has 0 aliphatic heterocycles. The van der Waals surface area contributed by atoms with E-state index >= 15 is 0 Å². The molecular formula is C16H21Cl3N2. The van der Waals surface area contributed by atoms with E-state index in [9.17, 15) is 0 Å². The van der Waals surface area contributed by atoms with Crippen LogP contribution in [0.3, 0.4) is 0 Å². The molecule has 1 aromatic carbocycles. The van der Waals surface area contributed by atoms with Crippen molar-refractivity contribution in [3.05, 3.63) is 30.1 Å². The minimum Gasteiger partial charge on any atom is -0.324 e. The van der Waals surface area contributed by atoms with Gasteiger partial charge in [0.05, 0.1) is 11.0 Å². The number of nitrogens with zero attached hydrogens (tertiary/aromatic N) is 2. The van der Waals surface area contributed by atoms with Crippen molar-refractivity contribution in [1.82, 2.24) is 9.55 Å². The van der Waals surface area contributed by atoms with Crippen LogP contribution in [0.2, 0.25) is 0 Å². The summed E-state index contributed by atoms with van der Waals surface area (Å²) in [6.07, 6.45) is 4.75. The lowest BCUT2D eigenvalue weighted by Crippen LogP contribution is -2.17. The third-order valence-electron chi connectivity index (χ3n) is 3.89. The summed E-state index contributed by atoms with van der Waals surface area (Å²) in [5, 5.41) is 0. The molecular weight excluding hydrogens is 327 g/mol. The van der Waals surface area contributed by atoms with Crippen LogP contribution in [0.25, 0.3) is 11.0 Å². The first-order chi connectivity index (χ1) is 9.97. The zero-order valence-corrected chi connectivity index (χ0v) is 14.7. The van der Waals surface area contributed by atoms with Gasteiger partial charge in [0, 0.05) is 6.54 Å². The fourth-order valence-corrected chi connectivity index (χ4v) is 3.09. The summed E-state index contributed by atoms with van der Waals surface area (Å²) < 4.78 is 0.578. The van der Waals surface area contributed by atoms with E-state index in [0.29, 0.717) is 11.7 Å². The van der Waals surface area contributed by atoms with Crippen molar-refractivity contribution in [1.29, 1.82) is 0 Å². The molecule has 5 heteroatoms. The smallest absolute Gasteiger partial charge is 0.248 e. The number of fused-ring (bicyclic) bond motifs is 1. The standard InChI is InChI=1S/C16H21Cl3N2/c1-3-5-8-12(4-2)11-21-14-10-7-6-9-13(14)20-15(21)16(17,18)19/h6-7,9-10,12H,3-5,8,11H2,1-2H3. The number of rotatable bonds is 6. The van der Waals surface area contributed by atoms with Crippen molar-refractivity contribution in [3.63, 3.8) is 0 Å². The number of alkyl halides is 3. The molecule has 1 unspecified atom stereocenters. The Morgan fingerprint density at radius 2 is 1.90 bits per heavy atom. The minimum absolute atomic E-state index is 0.517. The van der Waals surface area contributed by atoms with E-state index in [1.165, 1.54) is 19.3 Å². The maximum Gasteiger partial charge on any atom is 0.248 e. The molecule has 0 bridgehead atoms. The number of halogens is 3. The first kappa shape index (κ1) is 16.9. The molecule has 0 aliphatic carbocycles. The summed E-state index contributed by atoms with van der Waals surface area (Å²) in [5.41, 5.74) is 1.91.